The van der Waals surface area contributed by atoms with Crippen molar-refractivity contribution in [2.75, 3.05) is 11.9 Å². The van der Waals surface area contributed by atoms with Gasteiger partial charge in [-0.3, -0.25) is 4.79 Å². The predicted molar refractivity (Wildman–Crippen MR) is 84.6 cm³/mol. The lowest BCUT2D eigenvalue weighted by molar-refractivity contribution is 0.0995. The van der Waals surface area contributed by atoms with E-state index in [1.54, 1.807) is 6.07 Å². The van der Waals surface area contributed by atoms with Crippen molar-refractivity contribution in [2.45, 2.75) is 24.8 Å². The van der Waals surface area contributed by atoms with Gasteiger partial charge in [-0.05, 0) is 37.1 Å². The van der Waals surface area contributed by atoms with Crippen LogP contribution < -0.4 is 15.8 Å². The molecule has 0 aliphatic carbocycles. The maximum Gasteiger partial charge on any atom is 0.291 e. The molecule has 128 valence electrons. The largest absolute Gasteiger partial charge is 0.455 e. The van der Waals surface area contributed by atoms with Crippen LogP contribution in [0.25, 0.3) is 0 Å². The van der Waals surface area contributed by atoms with Crippen molar-refractivity contribution >= 4 is 21.6 Å². The summed E-state index contributed by atoms with van der Waals surface area (Å²) in [5.74, 6) is -1.49. The highest BCUT2D eigenvalue weighted by molar-refractivity contribution is 7.89. The fourth-order valence-electron chi connectivity index (χ4n) is 2.67. The molecule has 0 spiro atoms. The fourth-order valence-corrected chi connectivity index (χ4v) is 3.39. The van der Waals surface area contributed by atoms with Crippen LogP contribution in [0, 0.1) is 12.7 Å². The van der Waals surface area contributed by atoms with Gasteiger partial charge in [-0.25, -0.2) is 17.9 Å². The van der Waals surface area contributed by atoms with Crippen LogP contribution in [0.1, 0.15) is 27.4 Å². The summed E-state index contributed by atoms with van der Waals surface area (Å²) < 4.78 is 42.4. The molecule has 0 unspecified atom stereocenters. The van der Waals surface area contributed by atoms with E-state index < -0.39 is 21.7 Å². The van der Waals surface area contributed by atoms with E-state index in [4.69, 9.17) is 9.56 Å². The number of furan rings is 1. The number of rotatable bonds is 3. The topological polar surface area (TPSA) is 114 Å². The summed E-state index contributed by atoms with van der Waals surface area (Å²) in [7, 11) is -3.99. The highest BCUT2D eigenvalue weighted by atomic mass is 32.2. The third-order valence-corrected chi connectivity index (χ3v) is 4.88. The Bertz CT molecular complexity index is 921. The number of anilines is 1. The Kier molecular flexibility index (Phi) is 4.16. The Balaban J connectivity index is 1.88. The maximum atomic E-state index is 14.5. The number of halogens is 1. The highest BCUT2D eigenvalue weighted by Crippen LogP contribution is 2.26. The number of aryl methyl sites for hydroxylation is 1. The first-order chi connectivity index (χ1) is 11.3. The van der Waals surface area contributed by atoms with E-state index in [9.17, 15) is 17.6 Å². The van der Waals surface area contributed by atoms with Gasteiger partial charge in [0.05, 0.1) is 5.69 Å². The molecule has 1 aliphatic heterocycles. The summed E-state index contributed by atoms with van der Waals surface area (Å²) in [5.41, 5.74) is 1.43. The van der Waals surface area contributed by atoms with Gasteiger partial charge >= 0.3 is 0 Å². The summed E-state index contributed by atoms with van der Waals surface area (Å²) in [6, 6.07) is 4.24. The van der Waals surface area contributed by atoms with Crippen LogP contribution in [0.5, 0.6) is 0 Å². The summed E-state index contributed by atoms with van der Waals surface area (Å²) in [6.07, 6.45) is 0.528. The molecule has 0 bridgehead atoms. The lowest BCUT2D eigenvalue weighted by atomic mass is 9.99. The molecule has 1 aromatic heterocycles. The Morgan fingerprint density at radius 1 is 1.42 bits per heavy atom. The van der Waals surface area contributed by atoms with Crippen LogP contribution in [0.15, 0.2) is 27.5 Å². The molecule has 3 rings (SSSR count). The number of fused-ring (bicyclic) bond motifs is 1. The van der Waals surface area contributed by atoms with E-state index in [0.29, 0.717) is 25.1 Å². The molecule has 2 aromatic rings. The van der Waals surface area contributed by atoms with E-state index in [0.717, 1.165) is 11.6 Å². The minimum Gasteiger partial charge on any atom is -0.455 e. The molecule has 0 radical (unpaired) electrons. The highest BCUT2D eigenvalue weighted by Gasteiger charge is 2.23. The van der Waals surface area contributed by atoms with Gasteiger partial charge < -0.3 is 15.1 Å². The lowest BCUT2D eigenvalue weighted by Crippen LogP contribution is -2.25. The van der Waals surface area contributed by atoms with Gasteiger partial charge in [0.1, 0.15) is 16.5 Å². The number of primary sulfonamides is 1. The normalized spacial score (nSPS) is 14.3. The van der Waals surface area contributed by atoms with Gasteiger partial charge in [-0.2, -0.15) is 0 Å². The fraction of sp³-hybridized carbons (Fsp3) is 0.267. The molecular formula is C15H16FN3O4S. The number of carbonyl (C=O) groups is 1. The summed E-state index contributed by atoms with van der Waals surface area (Å²) in [5, 5.41) is 10.6. The molecule has 4 N–H and O–H groups in total. The molecular weight excluding hydrogens is 337 g/mol. The molecule has 1 aliphatic rings. The van der Waals surface area contributed by atoms with E-state index in [-0.39, 0.29) is 22.1 Å². The van der Waals surface area contributed by atoms with Crippen LogP contribution in [0.4, 0.5) is 10.1 Å². The molecule has 0 atom stereocenters. The lowest BCUT2D eigenvalue weighted by Gasteiger charge is -2.19. The van der Waals surface area contributed by atoms with Gasteiger partial charge in [0.15, 0.2) is 5.76 Å². The number of hydrogen-bond donors (Lipinski definition) is 3. The van der Waals surface area contributed by atoms with E-state index >= 15 is 0 Å². The number of benzene rings is 1. The Labute approximate surface area is 138 Å². The van der Waals surface area contributed by atoms with Gasteiger partial charge in [-0.15, -0.1) is 0 Å². The van der Waals surface area contributed by atoms with Gasteiger partial charge in [0, 0.05) is 12.6 Å². The first kappa shape index (κ1) is 16.6. The molecule has 0 fully saturated rings. The van der Waals surface area contributed by atoms with Gasteiger partial charge in [-0.1, -0.05) is 6.07 Å². The molecule has 0 saturated heterocycles. The second-order valence-electron chi connectivity index (χ2n) is 5.52. The van der Waals surface area contributed by atoms with Crippen LogP contribution in [0.2, 0.25) is 0 Å². The standard InChI is InChI=1S/C15H16FN3O4S/c1-8-13(24(17,21)22)6-12(23-8)15(20)19-11-3-2-9-7-18-5-4-10(9)14(11)16/h2-3,6,18H,4-5,7H2,1H3,(H,19,20)(H2,17,21,22). The molecule has 9 heteroatoms. The Hall–Kier alpha value is -2.23. The van der Waals surface area contributed by atoms with Crippen molar-refractivity contribution in [3.63, 3.8) is 0 Å². The maximum absolute atomic E-state index is 14.5. The van der Waals surface area contributed by atoms with Crippen molar-refractivity contribution in [1.82, 2.24) is 5.32 Å². The Morgan fingerprint density at radius 3 is 2.83 bits per heavy atom. The zero-order valence-electron chi connectivity index (χ0n) is 12.8. The monoisotopic (exact) mass is 353 g/mol. The van der Waals surface area contributed by atoms with Crippen LogP contribution in [0.3, 0.4) is 0 Å². The summed E-state index contributed by atoms with van der Waals surface area (Å²) >= 11 is 0. The minimum absolute atomic E-state index is 0.000336. The summed E-state index contributed by atoms with van der Waals surface area (Å²) in [4.78, 5) is 11.9. The number of carbonyl (C=O) groups excluding carboxylic acids is 1. The molecule has 7 nitrogen and oxygen atoms in total. The average Bonchev–Trinajstić information content (AvgIpc) is 2.92. The molecule has 2 heterocycles. The van der Waals surface area contributed by atoms with Crippen molar-refractivity contribution in [3.8, 4) is 0 Å². The number of amides is 1. The number of sulfonamides is 1. The Morgan fingerprint density at radius 2 is 2.17 bits per heavy atom. The number of hydrogen-bond acceptors (Lipinski definition) is 5. The second kappa shape index (κ2) is 6.00. The minimum atomic E-state index is -3.99. The zero-order chi connectivity index (χ0) is 17.5. The predicted octanol–water partition coefficient (Wildman–Crippen LogP) is 1.27. The number of nitrogens with one attached hydrogen (secondary N) is 2. The second-order valence-corrected chi connectivity index (χ2v) is 7.05. The van der Waals surface area contributed by atoms with E-state index in [2.05, 4.69) is 10.6 Å². The van der Waals surface area contributed by atoms with Gasteiger partial charge in [0.25, 0.3) is 5.91 Å². The molecule has 1 amide bonds. The van der Waals surface area contributed by atoms with E-state index in [1.165, 1.54) is 13.0 Å². The van der Waals surface area contributed by atoms with Crippen molar-refractivity contribution < 1.29 is 22.0 Å². The van der Waals surface area contributed by atoms with Crippen molar-refractivity contribution in [1.29, 1.82) is 0 Å². The quantitative estimate of drug-likeness (QED) is 0.769. The van der Waals surface area contributed by atoms with Crippen molar-refractivity contribution in [3.05, 3.63) is 46.7 Å². The molecule has 1 aromatic carbocycles. The van der Waals surface area contributed by atoms with E-state index in [1.807, 2.05) is 0 Å². The van der Waals surface area contributed by atoms with Crippen LogP contribution in [-0.2, 0) is 23.0 Å². The van der Waals surface area contributed by atoms with Crippen LogP contribution in [-0.4, -0.2) is 20.9 Å². The zero-order valence-corrected chi connectivity index (χ0v) is 13.7. The number of nitrogens with two attached hydrogens (primary N) is 1. The van der Waals surface area contributed by atoms with Gasteiger partial charge in [0.2, 0.25) is 10.0 Å². The molecule has 24 heavy (non-hydrogen) atoms. The first-order valence-electron chi connectivity index (χ1n) is 7.23. The smallest absolute Gasteiger partial charge is 0.291 e. The van der Waals surface area contributed by atoms with Crippen LogP contribution >= 0.6 is 0 Å². The first-order valence-corrected chi connectivity index (χ1v) is 8.77. The SMILES string of the molecule is Cc1oc(C(=O)Nc2ccc3c(c2F)CCNC3)cc1S(N)(=O)=O. The third-order valence-electron chi connectivity index (χ3n) is 3.86. The summed E-state index contributed by atoms with van der Waals surface area (Å²) in [6.45, 7) is 2.62. The average molecular weight is 353 g/mol. The van der Waals surface area contributed by atoms with Crippen molar-refractivity contribution in [2.24, 2.45) is 5.14 Å². The third kappa shape index (κ3) is 3.05. The molecule has 0 saturated carbocycles.